The number of amides is 1. The zero-order valence-corrected chi connectivity index (χ0v) is 10.5. The largest absolute Gasteiger partial charge is 0.335 e. The molecule has 0 heterocycles. The van der Waals surface area contributed by atoms with Crippen molar-refractivity contribution < 1.29 is 9.18 Å². The molecule has 2 N–H and O–H groups in total. The van der Waals surface area contributed by atoms with E-state index < -0.39 is 6.04 Å². The van der Waals surface area contributed by atoms with Crippen LogP contribution in [0.3, 0.4) is 0 Å². The molecule has 1 aromatic rings. The van der Waals surface area contributed by atoms with Crippen molar-refractivity contribution in [1.82, 2.24) is 4.90 Å². The van der Waals surface area contributed by atoms with E-state index in [1.165, 1.54) is 12.1 Å². The molecule has 0 fully saturated rings. The van der Waals surface area contributed by atoms with E-state index in [9.17, 15) is 9.18 Å². The summed E-state index contributed by atoms with van der Waals surface area (Å²) >= 11 is 0. The molecule has 0 saturated heterocycles. The molecule has 0 aromatic heterocycles. The fraction of sp³-hybridized carbons (Fsp3) is 0.462. The fourth-order valence-corrected chi connectivity index (χ4v) is 1.56. The molecule has 1 atom stereocenters. The molecule has 0 aliphatic rings. The van der Waals surface area contributed by atoms with Crippen molar-refractivity contribution in [3.63, 3.8) is 0 Å². The molecule has 4 heteroatoms. The summed E-state index contributed by atoms with van der Waals surface area (Å²) in [5.74, 6) is -0.368. The van der Waals surface area contributed by atoms with Gasteiger partial charge in [-0.15, -0.1) is 0 Å². The SMILES string of the molecule is CC(C)N(Cc1ccc(F)cc1)C(=O)[C@H](C)N. The van der Waals surface area contributed by atoms with Gasteiger partial charge in [0.1, 0.15) is 5.82 Å². The van der Waals surface area contributed by atoms with Gasteiger partial charge in [0.15, 0.2) is 0 Å². The molecule has 94 valence electrons. The average Bonchev–Trinajstić information content (AvgIpc) is 2.26. The van der Waals surface area contributed by atoms with Crippen molar-refractivity contribution in [2.45, 2.75) is 39.4 Å². The summed E-state index contributed by atoms with van der Waals surface area (Å²) < 4.78 is 12.8. The van der Waals surface area contributed by atoms with E-state index in [0.29, 0.717) is 6.54 Å². The Morgan fingerprint density at radius 1 is 1.29 bits per heavy atom. The molecule has 1 rings (SSSR count). The zero-order chi connectivity index (χ0) is 13.0. The second kappa shape index (κ2) is 5.77. The van der Waals surface area contributed by atoms with Gasteiger partial charge in [-0.05, 0) is 38.5 Å². The molecule has 1 aromatic carbocycles. The number of hydrogen-bond acceptors (Lipinski definition) is 2. The van der Waals surface area contributed by atoms with Gasteiger partial charge in [-0.2, -0.15) is 0 Å². The molecule has 0 aliphatic heterocycles. The highest BCUT2D eigenvalue weighted by Gasteiger charge is 2.20. The van der Waals surface area contributed by atoms with Crippen LogP contribution in [0.25, 0.3) is 0 Å². The summed E-state index contributed by atoms with van der Waals surface area (Å²) in [6, 6.07) is 5.70. The van der Waals surface area contributed by atoms with Crippen molar-refractivity contribution >= 4 is 5.91 Å². The van der Waals surface area contributed by atoms with Crippen LogP contribution in [0, 0.1) is 5.82 Å². The summed E-state index contributed by atoms with van der Waals surface area (Å²) in [7, 11) is 0. The standard InChI is InChI=1S/C13H19FN2O/c1-9(2)16(13(17)10(3)15)8-11-4-6-12(14)7-5-11/h4-7,9-10H,8,15H2,1-3H3/t10-/m0/s1. The van der Waals surface area contributed by atoms with Crippen LogP contribution in [0.5, 0.6) is 0 Å². The molecule has 1 amide bonds. The lowest BCUT2D eigenvalue weighted by Crippen LogP contribution is -2.45. The van der Waals surface area contributed by atoms with Gasteiger partial charge < -0.3 is 10.6 Å². The molecule has 0 radical (unpaired) electrons. The Morgan fingerprint density at radius 3 is 2.24 bits per heavy atom. The second-order valence-corrected chi connectivity index (χ2v) is 4.48. The predicted octanol–water partition coefficient (Wildman–Crippen LogP) is 1.91. The smallest absolute Gasteiger partial charge is 0.239 e. The van der Waals surface area contributed by atoms with Crippen LogP contribution < -0.4 is 5.73 Å². The van der Waals surface area contributed by atoms with Crippen LogP contribution in [-0.4, -0.2) is 22.9 Å². The van der Waals surface area contributed by atoms with E-state index in [1.54, 1.807) is 24.0 Å². The first-order chi connectivity index (χ1) is 7.91. The highest BCUT2D eigenvalue weighted by Crippen LogP contribution is 2.10. The van der Waals surface area contributed by atoms with Crippen molar-refractivity contribution in [2.24, 2.45) is 5.73 Å². The summed E-state index contributed by atoms with van der Waals surface area (Å²) in [5, 5.41) is 0. The maximum atomic E-state index is 12.8. The topological polar surface area (TPSA) is 46.3 Å². The third kappa shape index (κ3) is 3.82. The maximum absolute atomic E-state index is 12.8. The Balaban J connectivity index is 2.80. The van der Waals surface area contributed by atoms with Crippen molar-refractivity contribution in [3.05, 3.63) is 35.6 Å². The van der Waals surface area contributed by atoms with E-state index in [-0.39, 0.29) is 17.8 Å². The summed E-state index contributed by atoms with van der Waals surface area (Å²) in [6.07, 6.45) is 0. The van der Waals surface area contributed by atoms with Crippen LogP contribution in [0.4, 0.5) is 4.39 Å². The monoisotopic (exact) mass is 238 g/mol. The van der Waals surface area contributed by atoms with Gasteiger partial charge in [-0.25, -0.2) is 4.39 Å². The molecule has 0 unspecified atom stereocenters. The molecule has 0 bridgehead atoms. The van der Waals surface area contributed by atoms with Gasteiger partial charge in [0.05, 0.1) is 6.04 Å². The van der Waals surface area contributed by atoms with Crippen molar-refractivity contribution in [1.29, 1.82) is 0 Å². The molecule has 0 spiro atoms. The van der Waals surface area contributed by atoms with Crippen LogP contribution in [0.1, 0.15) is 26.3 Å². The minimum absolute atomic E-state index is 0.0681. The Bertz CT molecular complexity index is 374. The van der Waals surface area contributed by atoms with Gasteiger partial charge in [0, 0.05) is 12.6 Å². The van der Waals surface area contributed by atoms with Gasteiger partial charge in [-0.1, -0.05) is 12.1 Å². The van der Waals surface area contributed by atoms with Crippen LogP contribution in [0.15, 0.2) is 24.3 Å². The Labute approximate surface area is 101 Å². The normalized spacial score (nSPS) is 12.6. The predicted molar refractivity (Wildman–Crippen MR) is 65.7 cm³/mol. The molecule has 0 saturated carbocycles. The van der Waals surface area contributed by atoms with Crippen molar-refractivity contribution in [3.8, 4) is 0 Å². The minimum Gasteiger partial charge on any atom is -0.335 e. The number of benzene rings is 1. The first kappa shape index (κ1) is 13.6. The molecule has 3 nitrogen and oxygen atoms in total. The van der Waals surface area contributed by atoms with Crippen LogP contribution >= 0.6 is 0 Å². The van der Waals surface area contributed by atoms with E-state index in [0.717, 1.165) is 5.56 Å². The molecular formula is C13H19FN2O. The number of hydrogen-bond donors (Lipinski definition) is 1. The summed E-state index contributed by atoms with van der Waals surface area (Å²) in [5.41, 5.74) is 6.50. The fourth-order valence-electron chi connectivity index (χ4n) is 1.56. The Hall–Kier alpha value is -1.42. The second-order valence-electron chi connectivity index (χ2n) is 4.48. The molecular weight excluding hydrogens is 219 g/mol. The van der Waals surface area contributed by atoms with Gasteiger partial charge in [0.25, 0.3) is 0 Å². The number of carbonyl (C=O) groups excluding carboxylic acids is 1. The lowest BCUT2D eigenvalue weighted by molar-refractivity contribution is -0.134. The highest BCUT2D eigenvalue weighted by molar-refractivity contribution is 5.81. The van der Waals surface area contributed by atoms with E-state index in [4.69, 9.17) is 5.73 Å². The number of nitrogens with zero attached hydrogens (tertiary/aromatic N) is 1. The quantitative estimate of drug-likeness (QED) is 0.871. The first-order valence-corrected chi connectivity index (χ1v) is 5.72. The third-order valence-corrected chi connectivity index (χ3v) is 2.56. The first-order valence-electron chi connectivity index (χ1n) is 5.72. The van der Waals surface area contributed by atoms with Gasteiger partial charge >= 0.3 is 0 Å². The molecule has 17 heavy (non-hydrogen) atoms. The lowest BCUT2D eigenvalue weighted by Gasteiger charge is -2.28. The van der Waals surface area contributed by atoms with Crippen LogP contribution in [0.2, 0.25) is 0 Å². The number of rotatable bonds is 4. The van der Waals surface area contributed by atoms with Crippen molar-refractivity contribution in [2.75, 3.05) is 0 Å². The highest BCUT2D eigenvalue weighted by atomic mass is 19.1. The zero-order valence-electron chi connectivity index (χ0n) is 10.5. The molecule has 0 aliphatic carbocycles. The number of halogens is 1. The van der Waals surface area contributed by atoms with E-state index in [1.807, 2.05) is 13.8 Å². The van der Waals surface area contributed by atoms with E-state index in [2.05, 4.69) is 0 Å². The third-order valence-electron chi connectivity index (χ3n) is 2.56. The Morgan fingerprint density at radius 2 is 1.82 bits per heavy atom. The average molecular weight is 238 g/mol. The summed E-state index contributed by atoms with van der Waals surface area (Å²) in [6.45, 7) is 5.99. The van der Waals surface area contributed by atoms with Crippen LogP contribution in [-0.2, 0) is 11.3 Å². The number of carbonyl (C=O) groups is 1. The number of nitrogens with two attached hydrogens (primary N) is 1. The van der Waals surface area contributed by atoms with Gasteiger partial charge in [-0.3, -0.25) is 4.79 Å². The lowest BCUT2D eigenvalue weighted by atomic mass is 10.1. The maximum Gasteiger partial charge on any atom is 0.239 e. The van der Waals surface area contributed by atoms with Gasteiger partial charge in [0.2, 0.25) is 5.91 Å². The Kier molecular flexibility index (Phi) is 4.63. The van der Waals surface area contributed by atoms with E-state index >= 15 is 0 Å². The minimum atomic E-state index is -0.516. The summed E-state index contributed by atoms with van der Waals surface area (Å²) in [4.78, 5) is 13.6.